The van der Waals surface area contributed by atoms with E-state index in [4.69, 9.17) is 27.4 Å². The highest BCUT2D eigenvalue weighted by Gasteiger charge is 2.31. The van der Waals surface area contributed by atoms with Gasteiger partial charge in [0.25, 0.3) is 16.0 Å². The Morgan fingerprint density at radius 2 is 1.76 bits per heavy atom. The van der Waals surface area contributed by atoms with Crippen molar-refractivity contribution in [1.29, 1.82) is 0 Å². The van der Waals surface area contributed by atoms with Crippen molar-refractivity contribution >= 4 is 39.2 Å². The maximum Gasteiger partial charge on any atom is 0.405 e. The number of benzene rings is 2. The van der Waals surface area contributed by atoms with Gasteiger partial charge in [-0.1, -0.05) is 47.5 Å². The molecule has 3 rings (SSSR count). The van der Waals surface area contributed by atoms with Crippen LogP contribution in [0.4, 0.5) is 13.2 Å². The topological polar surface area (TPSA) is 90.3 Å². The summed E-state index contributed by atoms with van der Waals surface area (Å²) in [5, 5.41) is 6.76. The van der Waals surface area contributed by atoms with Crippen LogP contribution >= 0.6 is 23.2 Å². The second-order valence-electron chi connectivity index (χ2n) is 7.12. The molecule has 0 atom stereocenters. The second-order valence-corrected chi connectivity index (χ2v) is 9.61. The summed E-state index contributed by atoms with van der Waals surface area (Å²) in [4.78, 5) is 12.7. The van der Waals surface area contributed by atoms with E-state index in [2.05, 4.69) is 5.10 Å². The van der Waals surface area contributed by atoms with Crippen LogP contribution in [0.5, 0.6) is 0 Å². The van der Waals surface area contributed by atoms with Gasteiger partial charge >= 0.3 is 6.18 Å². The van der Waals surface area contributed by atoms with Crippen LogP contribution in [-0.4, -0.2) is 49.7 Å². The Hall–Kier alpha value is -2.60. The molecule has 1 aromatic heterocycles. The molecule has 0 saturated heterocycles. The van der Waals surface area contributed by atoms with Crippen molar-refractivity contribution in [1.82, 2.24) is 15.1 Å². The zero-order valence-corrected chi connectivity index (χ0v) is 19.9. The van der Waals surface area contributed by atoms with Crippen LogP contribution in [0.1, 0.15) is 16.1 Å². The Kier molecular flexibility index (Phi) is 7.91. The largest absolute Gasteiger partial charge is 0.405 e. The van der Waals surface area contributed by atoms with Gasteiger partial charge in [0.15, 0.2) is 5.69 Å². The van der Waals surface area contributed by atoms with E-state index in [0.717, 1.165) is 6.26 Å². The Bertz CT molecular complexity index is 1290. The normalized spacial score (nSPS) is 12.1. The molecule has 182 valence electrons. The lowest BCUT2D eigenvalue weighted by Gasteiger charge is -2.12. The Balaban J connectivity index is 2.20. The molecule has 0 aliphatic rings. The zero-order valence-electron chi connectivity index (χ0n) is 17.6. The molecule has 34 heavy (non-hydrogen) atoms. The SMILES string of the molecule is CS(=O)(=O)OCCc1c(C(=O)NCC(F)(F)F)nn(-c2ccccc2Cl)c1-c1ccc(Cl)cc1. The molecule has 0 saturated carbocycles. The van der Waals surface area contributed by atoms with Crippen LogP contribution in [0.15, 0.2) is 48.5 Å². The first-order chi connectivity index (χ1) is 15.9. The van der Waals surface area contributed by atoms with E-state index in [-0.39, 0.29) is 29.3 Å². The minimum Gasteiger partial charge on any atom is -0.342 e. The monoisotopic (exact) mass is 535 g/mol. The third kappa shape index (κ3) is 6.72. The molecule has 1 heterocycles. The minimum absolute atomic E-state index is 0.149. The van der Waals surface area contributed by atoms with Gasteiger partial charge < -0.3 is 5.32 Å². The van der Waals surface area contributed by atoms with Crippen LogP contribution in [0.3, 0.4) is 0 Å². The van der Waals surface area contributed by atoms with Gasteiger partial charge in [-0.05, 0) is 24.3 Å². The summed E-state index contributed by atoms with van der Waals surface area (Å²) in [5.41, 5.74) is 1.03. The number of hydrogen-bond acceptors (Lipinski definition) is 5. The molecule has 0 spiro atoms. The number of nitrogens with zero attached hydrogens (tertiary/aromatic N) is 2. The summed E-state index contributed by atoms with van der Waals surface area (Å²) in [5.74, 6) is -1.09. The molecule has 1 N–H and O–H groups in total. The molecule has 13 heteroatoms. The van der Waals surface area contributed by atoms with E-state index in [0.29, 0.717) is 22.0 Å². The third-order valence-electron chi connectivity index (χ3n) is 4.50. The zero-order chi connectivity index (χ0) is 25.1. The lowest BCUT2D eigenvalue weighted by molar-refractivity contribution is -0.123. The molecule has 0 bridgehead atoms. The number of aromatic nitrogens is 2. The number of hydrogen-bond donors (Lipinski definition) is 1. The van der Waals surface area contributed by atoms with Crippen molar-refractivity contribution < 1.29 is 30.6 Å². The summed E-state index contributed by atoms with van der Waals surface area (Å²) in [6, 6.07) is 13.0. The van der Waals surface area contributed by atoms with Crippen LogP contribution in [0.25, 0.3) is 16.9 Å². The smallest absolute Gasteiger partial charge is 0.342 e. The molecule has 3 aromatic rings. The summed E-state index contributed by atoms with van der Waals surface area (Å²) >= 11 is 12.3. The number of halogens is 5. The number of carbonyl (C=O) groups is 1. The van der Waals surface area contributed by atoms with Gasteiger partial charge in [-0.25, -0.2) is 4.68 Å². The van der Waals surface area contributed by atoms with Crippen molar-refractivity contribution in [3.8, 4) is 16.9 Å². The molecule has 0 aliphatic heterocycles. The number of carbonyl (C=O) groups excluding carboxylic acids is 1. The maximum atomic E-state index is 12.7. The Morgan fingerprint density at radius 3 is 2.35 bits per heavy atom. The van der Waals surface area contributed by atoms with Crippen LogP contribution < -0.4 is 5.32 Å². The standard InChI is InChI=1S/C21H18Cl2F3N3O4S/c1-34(31,32)33-11-10-15-18(20(30)27-12-21(24,25)26)28-29(17-5-3-2-4-16(17)23)19(15)13-6-8-14(22)9-7-13/h2-9H,10-12H2,1H3,(H,27,30). The molecule has 0 fully saturated rings. The fraction of sp³-hybridized carbons (Fsp3) is 0.238. The molecule has 0 aliphatic carbocycles. The van der Waals surface area contributed by atoms with Crippen molar-refractivity contribution in [2.45, 2.75) is 12.6 Å². The van der Waals surface area contributed by atoms with Crippen LogP contribution in [-0.2, 0) is 20.7 Å². The first-order valence-corrected chi connectivity index (χ1v) is 12.2. The lowest BCUT2D eigenvalue weighted by Crippen LogP contribution is -2.34. The van der Waals surface area contributed by atoms with Crippen LogP contribution in [0.2, 0.25) is 10.0 Å². The highest BCUT2D eigenvalue weighted by atomic mass is 35.5. The van der Waals surface area contributed by atoms with Crippen molar-refractivity contribution in [2.24, 2.45) is 0 Å². The van der Waals surface area contributed by atoms with Gasteiger partial charge in [0.1, 0.15) is 6.54 Å². The van der Waals surface area contributed by atoms with Crippen molar-refractivity contribution in [3.63, 3.8) is 0 Å². The Labute approximate surface area is 203 Å². The predicted octanol–water partition coefficient (Wildman–Crippen LogP) is 4.66. The number of rotatable bonds is 8. The molecule has 1 amide bonds. The van der Waals surface area contributed by atoms with Gasteiger partial charge in [0.05, 0.1) is 29.3 Å². The molecule has 7 nitrogen and oxygen atoms in total. The number of alkyl halides is 3. The average Bonchev–Trinajstić information content (AvgIpc) is 3.11. The third-order valence-corrected chi connectivity index (χ3v) is 5.66. The highest BCUT2D eigenvalue weighted by Crippen LogP contribution is 2.33. The van der Waals surface area contributed by atoms with Gasteiger partial charge in [-0.15, -0.1) is 0 Å². The first kappa shape index (κ1) is 26.0. The first-order valence-electron chi connectivity index (χ1n) is 9.68. The quantitative estimate of drug-likeness (QED) is 0.424. The molecule has 0 radical (unpaired) electrons. The van der Waals surface area contributed by atoms with E-state index in [9.17, 15) is 26.4 Å². The van der Waals surface area contributed by atoms with Gasteiger partial charge in [-0.2, -0.15) is 26.7 Å². The van der Waals surface area contributed by atoms with E-state index >= 15 is 0 Å². The fourth-order valence-corrected chi connectivity index (χ4v) is 3.86. The van der Waals surface area contributed by atoms with Gasteiger partial charge in [0.2, 0.25) is 0 Å². The second kappa shape index (κ2) is 10.3. The van der Waals surface area contributed by atoms with E-state index < -0.39 is 28.7 Å². The summed E-state index contributed by atoms with van der Waals surface area (Å²) in [7, 11) is -3.81. The van der Waals surface area contributed by atoms with Gasteiger partial charge in [0, 0.05) is 22.6 Å². The van der Waals surface area contributed by atoms with Crippen LogP contribution in [0, 0.1) is 0 Å². The lowest BCUT2D eigenvalue weighted by atomic mass is 10.0. The molecule has 2 aromatic carbocycles. The fourth-order valence-electron chi connectivity index (χ4n) is 3.13. The Morgan fingerprint density at radius 1 is 1.12 bits per heavy atom. The minimum atomic E-state index is -4.64. The highest BCUT2D eigenvalue weighted by molar-refractivity contribution is 7.85. The van der Waals surface area contributed by atoms with Crippen molar-refractivity contribution in [2.75, 3.05) is 19.4 Å². The average molecular weight is 536 g/mol. The summed E-state index contributed by atoms with van der Waals surface area (Å²) in [6.45, 7) is -1.94. The summed E-state index contributed by atoms with van der Waals surface area (Å²) < 4.78 is 67.1. The van der Waals surface area contributed by atoms with E-state index in [1.54, 1.807) is 53.8 Å². The number of para-hydroxylation sites is 1. The number of nitrogens with one attached hydrogen (secondary N) is 1. The molecule has 0 unspecified atom stereocenters. The van der Waals surface area contributed by atoms with E-state index in [1.165, 1.54) is 4.68 Å². The molecular formula is C21H18Cl2F3N3O4S. The van der Waals surface area contributed by atoms with Crippen molar-refractivity contribution in [3.05, 3.63) is 69.8 Å². The summed E-state index contributed by atoms with van der Waals surface area (Å²) in [6.07, 6.45) is -3.93. The molecular weight excluding hydrogens is 518 g/mol. The number of amides is 1. The van der Waals surface area contributed by atoms with Gasteiger partial charge in [-0.3, -0.25) is 8.98 Å². The predicted molar refractivity (Wildman–Crippen MR) is 122 cm³/mol. The maximum absolute atomic E-state index is 12.7. The van der Waals surface area contributed by atoms with E-state index in [1.807, 2.05) is 0 Å².